The molecule has 2 nitrogen and oxygen atoms in total. The third-order valence-electron chi connectivity index (χ3n) is 2.69. The van der Waals surface area contributed by atoms with Crippen LogP contribution in [-0.2, 0) is 10.2 Å². The van der Waals surface area contributed by atoms with E-state index in [0.29, 0.717) is 6.16 Å². The molecule has 0 aromatic heterocycles. The van der Waals surface area contributed by atoms with E-state index in [2.05, 4.69) is 0 Å². The van der Waals surface area contributed by atoms with Crippen LogP contribution in [0.3, 0.4) is 0 Å². The second-order valence-electron chi connectivity index (χ2n) is 4.07. The molecule has 100 valence electrons. The fourth-order valence-electron chi connectivity index (χ4n) is 1.82. The molecule has 0 bridgehead atoms. The van der Waals surface area contributed by atoms with Gasteiger partial charge < -0.3 is 0 Å². The Morgan fingerprint density at radius 3 is 1.63 bits per heavy atom. The van der Waals surface area contributed by atoms with Crippen LogP contribution in [0.5, 0.6) is 0 Å². The summed E-state index contributed by atoms with van der Waals surface area (Å²) in [5.41, 5.74) is 0. The van der Waals surface area contributed by atoms with Crippen LogP contribution in [0.1, 0.15) is 0 Å². The Bertz CT molecular complexity index is 575. The van der Waals surface area contributed by atoms with Crippen molar-refractivity contribution in [3.05, 3.63) is 60.7 Å². The minimum atomic E-state index is -4.42. The number of rotatable bonds is 5. The van der Waals surface area contributed by atoms with Crippen molar-refractivity contribution in [3.63, 3.8) is 0 Å². The molecular formula is C14H14FO2PS. The van der Waals surface area contributed by atoms with E-state index in [0.717, 1.165) is 10.6 Å². The summed E-state index contributed by atoms with van der Waals surface area (Å²) in [4.78, 5) is 0. The van der Waals surface area contributed by atoms with Gasteiger partial charge in [-0.05, 0) is 24.7 Å². The molecule has 0 unspecified atom stereocenters. The van der Waals surface area contributed by atoms with E-state index in [1.165, 1.54) is 0 Å². The minimum Gasteiger partial charge on any atom is -0.195 e. The van der Waals surface area contributed by atoms with Gasteiger partial charge in [0, 0.05) is 0 Å². The lowest BCUT2D eigenvalue weighted by molar-refractivity contribution is 0.554. The normalized spacial score (nSPS) is 11.7. The van der Waals surface area contributed by atoms with Gasteiger partial charge in [-0.25, -0.2) is 0 Å². The fourth-order valence-corrected chi connectivity index (χ4v) is 5.30. The Morgan fingerprint density at radius 1 is 0.842 bits per heavy atom. The zero-order chi connectivity index (χ0) is 13.7. The molecule has 0 heterocycles. The Kier molecular flexibility index (Phi) is 4.67. The first-order chi connectivity index (χ1) is 9.06. The molecule has 0 aliphatic rings. The average Bonchev–Trinajstić information content (AvgIpc) is 2.40. The summed E-state index contributed by atoms with van der Waals surface area (Å²) >= 11 is 0. The standard InChI is InChI=1S/C14H14FO2PS/c15-19(16,17)12-11-18(13-7-3-1-4-8-13)14-9-5-2-6-10-14/h1-10H,11-12H2. The Morgan fingerprint density at radius 2 is 1.26 bits per heavy atom. The van der Waals surface area contributed by atoms with Crippen LogP contribution in [0.4, 0.5) is 3.89 Å². The zero-order valence-corrected chi connectivity index (χ0v) is 11.9. The summed E-state index contributed by atoms with van der Waals surface area (Å²) in [7, 11) is -5.25. The van der Waals surface area contributed by atoms with Crippen molar-refractivity contribution in [2.24, 2.45) is 0 Å². The molecule has 0 aliphatic carbocycles. The van der Waals surface area contributed by atoms with Crippen LogP contribution in [0.2, 0.25) is 0 Å². The Labute approximate surface area is 114 Å². The second kappa shape index (κ2) is 6.27. The first-order valence-corrected chi connectivity index (χ1v) is 8.94. The van der Waals surface area contributed by atoms with Crippen LogP contribution >= 0.6 is 7.92 Å². The van der Waals surface area contributed by atoms with Gasteiger partial charge in [-0.3, -0.25) is 0 Å². The molecule has 0 spiro atoms. The monoisotopic (exact) mass is 296 g/mol. The summed E-state index contributed by atoms with van der Waals surface area (Å²) < 4.78 is 34.2. The van der Waals surface area contributed by atoms with Gasteiger partial charge in [0.25, 0.3) is 0 Å². The quantitative estimate of drug-likeness (QED) is 0.627. The summed E-state index contributed by atoms with van der Waals surface area (Å²) in [6.07, 6.45) is 0.308. The molecule has 19 heavy (non-hydrogen) atoms. The van der Waals surface area contributed by atoms with E-state index in [1.807, 2.05) is 60.7 Å². The summed E-state index contributed by atoms with van der Waals surface area (Å²) in [5, 5.41) is 2.12. The lowest BCUT2D eigenvalue weighted by Crippen LogP contribution is -2.17. The van der Waals surface area contributed by atoms with Gasteiger partial charge in [0.15, 0.2) is 0 Å². The van der Waals surface area contributed by atoms with Crippen molar-refractivity contribution < 1.29 is 12.3 Å². The molecule has 0 atom stereocenters. The van der Waals surface area contributed by atoms with E-state index >= 15 is 0 Å². The largest absolute Gasteiger partial charge is 0.302 e. The molecule has 2 aromatic carbocycles. The first kappa shape index (κ1) is 14.2. The van der Waals surface area contributed by atoms with Crippen LogP contribution in [0, 0.1) is 0 Å². The van der Waals surface area contributed by atoms with E-state index in [9.17, 15) is 12.3 Å². The van der Waals surface area contributed by atoms with Gasteiger partial charge in [-0.1, -0.05) is 60.7 Å². The predicted octanol–water partition coefficient (Wildman–Crippen LogP) is 2.42. The zero-order valence-electron chi connectivity index (χ0n) is 10.2. The summed E-state index contributed by atoms with van der Waals surface area (Å²) in [6, 6.07) is 19.3. The highest BCUT2D eigenvalue weighted by atomic mass is 32.3. The maximum Gasteiger partial charge on any atom is 0.302 e. The average molecular weight is 296 g/mol. The van der Waals surface area contributed by atoms with Crippen molar-refractivity contribution >= 4 is 28.8 Å². The van der Waals surface area contributed by atoms with Crippen LogP contribution in [0.25, 0.3) is 0 Å². The van der Waals surface area contributed by atoms with Crippen LogP contribution in [-0.4, -0.2) is 20.3 Å². The van der Waals surface area contributed by atoms with E-state index in [-0.39, 0.29) is 0 Å². The van der Waals surface area contributed by atoms with Crippen molar-refractivity contribution in [2.45, 2.75) is 0 Å². The van der Waals surface area contributed by atoms with E-state index in [4.69, 9.17) is 0 Å². The lowest BCUT2D eigenvalue weighted by Gasteiger charge is -2.17. The highest BCUT2D eigenvalue weighted by Crippen LogP contribution is 2.33. The van der Waals surface area contributed by atoms with E-state index < -0.39 is 23.9 Å². The van der Waals surface area contributed by atoms with Crippen LogP contribution in [0.15, 0.2) is 60.7 Å². The smallest absolute Gasteiger partial charge is 0.195 e. The number of hydrogen-bond donors (Lipinski definition) is 0. The Hall–Kier alpha value is -1.25. The van der Waals surface area contributed by atoms with Crippen LogP contribution < -0.4 is 10.6 Å². The molecule has 0 radical (unpaired) electrons. The first-order valence-electron chi connectivity index (χ1n) is 5.86. The van der Waals surface area contributed by atoms with Gasteiger partial charge in [0.1, 0.15) is 0 Å². The number of halogens is 1. The van der Waals surface area contributed by atoms with Gasteiger partial charge >= 0.3 is 10.2 Å². The molecule has 2 aromatic rings. The SMILES string of the molecule is O=S(=O)(F)CCP(c1ccccc1)c1ccccc1. The highest BCUT2D eigenvalue weighted by molar-refractivity contribution is 7.87. The fraction of sp³-hybridized carbons (Fsp3) is 0.143. The van der Waals surface area contributed by atoms with Gasteiger partial charge in [0.05, 0.1) is 5.75 Å². The molecule has 5 heteroatoms. The summed E-state index contributed by atoms with van der Waals surface area (Å²) in [6.45, 7) is 0. The highest BCUT2D eigenvalue weighted by Gasteiger charge is 2.17. The van der Waals surface area contributed by atoms with Gasteiger partial charge in [-0.15, -0.1) is 3.89 Å². The molecule has 0 aliphatic heterocycles. The van der Waals surface area contributed by atoms with Crippen molar-refractivity contribution in [2.75, 3.05) is 11.9 Å². The third kappa shape index (κ3) is 4.41. The predicted molar refractivity (Wildman–Crippen MR) is 78.8 cm³/mol. The van der Waals surface area contributed by atoms with E-state index in [1.54, 1.807) is 0 Å². The van der Waals surface area contributed by atoms with Crippen molar-refractivity contribution in [1.82, 2.24) is 0 Å². The molecule has 0 saturated carbocycles. The van der Waals surface area contributed by atoms with Gasteiger partial charge in [-0.2, -0.15) is 8.42 Å². The minimum absolute atomic E-state index is 0.308. The lowest BCUT2D eigenvalue weighted by atomic mass is 10.4. The number of hydrogen-bond acceptors (Lipinski definition) is 2. The third-order valence-corrected chi connectivity index (χ3v) is 6.20. The molecular weight excluding hydrogens is 282 g/mol. The van der Waals surface area contributed by atoms with Crippen molar-refractivity contribution in [3.8, 4) is 0 Å². The topological polar surface area (TPSA) is 34.1 Å². The van der Waals surface area contributed by atoms with Gasteiger partial charge in [0.2, 0.25) is 0 Å². The maximum atomic E-state index is 12.8. The molecule has 0 amide bonds. The van der Waals surface area contributed by atoms with Crippen molar-refractivity contribution in [1.29, 1.82) is 0 Å². The molecule has 2 rings (SSSR count). The Balaban J connectivity index is 2.29. The molecule has 0 fully saturated rings. The molecule has 0 saturated heterocycles. The summed E-state index contributed by atoms with van der Waals surface area (Å²) in [5.74, 6) is -0.428. The number of benzene rings is 2. The molecule has 0 N–H and O–H groups in total. The second-order valence-corrected chi connectivity index (χ2v) is 7.89. The maximum absolute atomic E-state index is 12.8.